The van der Waals surface area contributed by atoms with Crippen molar-refractivity contribution in [3.05, 3.63) is 0 Å². The second kappa shape index (κ2) is 22.3. The average molecular weight is 574 g/mol. The molecule has 0 saturated carbocycles. The van der Waals surface area contributed by atoms with Gasteiger partial charge in [-0.15, -0.1) is 23.2 Å². The Bertz CT molecular complexity index is 609. The molecular weight excluding hydrogens is 553 g/mol. The number of carboxylic acids is 1. The molecule has 0 atom stereocenters. The van der Waals surface area contributed by atoms with E-state index in [1.807, 2.05) is 0 Å². The summed E-state index contributed by atoms with van der Waals surface area (Å²) in [5.74, 6) is -1.82. The molecule has 0 aromatic rings. The summed E-state index contributed by atoms with van der Waals surface area (Å²) in [4.78, 5) is 20.1. The molecule has 0 aromatic heterocycles. The molecule has 0 fully saturated rings. The summed E-state index contributed by atoms with van der Waals surface area (Å²) in [6.45, 7) is 0. The predicted molar refractivity (Wildman–Crippen MR) is 113 cm³/mol. The van der Waals surface area contributed by atoms with E-state index in [0.29, 0.717) is 0 Å². The molecule has 0 heterocycles. The van der Waals surface area contributed by atoms with E-state index in [0.717, 1.165) is 0 Å². The summed E-state index contributed by atoms with van der Waals surface area (Å²) in [5.41, 5.74) is 0. The largest absolute Gasteiger partial charge is 0.481 e. The van der Waals surface area contributed by atoms with Crippen LogP contribution >= 0.6 is 56.2 Å². The molecule has 0 aromatic carbocycles. The summed E-state index contributed by atoms with van der Waals surface area (Å²) in [5, 5.41) is 7.51. The van der Waals surface area contributed by atoms with E-state index >= 15 is 0 Å². The molecule has 0 aliphatic rings. The molecule has 0 aliphatic heterocycles. The van der Waals surface area contributed by atoms with Crippen LogP contribution in [0.5, 0.6) is 0 Å². The van der Waals surface area contributed by atoms with Crippen LogP contribution in [0.15, 0.2) is 0 Å². The molecule has 0 amide bonds. The maximum Gasteiger partial charge on any atom is 0.304 e. The van der Waals surface area contributed by atoms with Gasteiger partial charge in [-0.1, -0.05) is 0 Å². The molecule has 0 rings (SSSR count). The molecule has 17 heteroatoms. The molecule has 172 valence electrons. The minimum atomic E-state index is -3.24. The number of rotatable bonds is 10. The van der Waals surface area contributed by atoms with E-state index in [1.54, 1.807) is 0 Å². The van der Waals surface area contributed by atoms with Gasteiger partial charge in [0.2, 0.25) is 14.5 Å². The number of carbonyl (C=O) groups excluding carboxylic acids is 1. The quantitative estimate of drug-likeness (QED) is 0.311. The number of sulfone groups is 2. The van der Waals surface area contributed by atoms with Crippen molar-refractivity contribution in [2.24, 2.45) is 0 Å². The number of carbonyl (C=O) groups is 2. The van der Waals surface area contributed by atoms with Gasteiger partial charge in [0.25, 0.3) is 0 Å². The average Bonchev–Trinajstić information content (AvgIpc) is 2.52. The van der Waals surface area contributed by atoms with Crippen LogP contribution in [-0.4, -0.2) is 79.3 Å². The summed E-state index contributed by atoms with van der Waals surface area (Å²) >= 11 is 15.3. The number of carboxylic acid groups (broad SMARTS) is 1. The van der Waals surface area contributed by atoms with Crippen molar-refractivity contribution < 1.29 is 41.5 Å². The fraction of sp³-hybridized carbons (Fsp3) is 0.818. The van der Waals surface area contributed by atoms with Crippen LogP contribution in [0, 0.1) is 0 Å². The lowest BCUT2D eigenvalue weighted by atomic mass is 10.5. The Balaban J connectivity index is -0.000000164. The van der Waals surface area contributed by atoms with Crippen LogP contribution in [0.25, 0.3) is 0 Å². The van der Waals surface area contributed by atoms with Crippen LogP contribution < -0.4 is 0 Å². The van der Waals surface area contributed by atoms with Crippen molar-refractivity contribution in [3.63, 3.8) is 0 Å². The van der Waals surface area contributed by atoms with E-state index < -0.39 is 47.3 Å². The maximum atomic E-state index is 10.8. The van der Waals surface area contributed by atoms with Crippen LogP contribution in [0.3, 0.4) is 0 Å². The number of halogens is 6. The fourth-order valence-corrected chi connectivity index (χ4v) is 4.40. The predicted octanol–water partition coefficient (Wildman–Crippen LogP) is 2.54. The van der Waals surface area contributed by atoms with Crippen molar-refractivity contribution in [1.82, 2.24) is 0 Å². The third kappa shape index (κ3) is 41.1. The zero-order valence-corrected chi connectivity index (χ0v) is 20.4. The SMILES string of the molecule is O=C(Cl)CCS(=O)(=O)CCCl.O=C(O)CCS(=O)(=O)CCCl.O=S(Cl)Cl.[2H]CF. The van der Waals surface area contributed by atoms with E-state index in [9.17, 15) is 30.8 Å². The summed E-state index contributed by atoms with van der Waals surface area (Å²) in [7, 11) is -0.0454. The van der Waals surface area contributed by atoms with Crippen molar-refractivity contribution in [2.45, 2.75) is 12.8 Å². The highest BCUT2D eigenvalue weighted by Gasteiger charge is 2.12. The first kappa shape index (κ1) is 33.2. The van der Waals surface area contributed by atoms with Gasteiger partial charge in [-0.25, -0.2) is 21.0 Å². The van der Waals surface area contributed by atoms with Crippen LogP contribution in [0.4, 0.5) is 4.39 Å². The first-order valence-electron chi connectivity index (χ1n) is 7.33. The zero-order valence-electron chi connectivity index (χ0n) is 15.2. The third-order valence-corrected chi connectivity index (χ3v) is 6.33. The molecular formula is C11H20Cl5FO8S3. The van der Waals surface area contributed by atoms with Gasteiger partial charge >= 0.3 is 5.97 Å². The van der Waals surface area contributed by atoms with E-state index in [4.69, 9.17) is 45.5 Å². The lowest BCUT2D eigenvalue weighted by molar-refractivity contribution is -0.136. The second-order valence-electron chi connectivity index (χ2n) is 4.11. The minimum absolute atomic E-state index is 0.0158. The Labute approximate surface area is 191 Å². The molecule has 0 saturated heterocycles. The number of hydrogen-bond acceptors (Lipinski definition) is 7. The molecule has 0 radical (unpaired) electrons. The third-order valence-electron chi connectivity index (χ3n) is 2.01. The normalized spacial score (nSPS) is 10.9. The summed E-state index contributed by atoms with van der Waals surface area (Å²) in [6.07, 6.45) is -0.486. The topological polar surface area (TPSA) is 140 Å². The molecule has 0 unspecified atom stereocenters. The first-order valence-corrected chi connectivity index (χ1v) is 14.5. The highest BCUT2D eigenvalue weighted by molar-refractivity contribution is 8.26. The first-order chi connectivity index (χ1) is 13.1. The van der Waals surface area contributed by atoms with Gasteiger partial charge in [-0.3, -0.25) is 14.0 Å². The number of hydrogen-bond donors (Lipinski definition) is 1. The fourth-order valence-electron chi connectivity index (χ4n) is 0.918. The molecule has 28 heavy (non-hydrogen) atoms. The van der Waals surface area contributed by atoms with Gasteiger partial charge in [-0.2, -0.15) is 0 Å². The van der Waals surface area contributed by atoms with Crippen LogP contribution in [0.1, 0.15) is 14.2 Å². The second-order valence-corrected chi connectivity index (χ2v) is 12.4. The lowest BCUT2D eigenvalue weighted by Crippen LogP contribution is -2.14. The van der Waals surface area contributed by atoms with Crippen molar-refractivity contribution >= 4 is 96.3 Å². The van der Waals surface area contributed by atoms with Crippen molar-refractivity contribution in [3.8, 4) is 0 Å². The number of aliphatic carboxylic acids is 1. The Morgan fingerprint density at radius 2 is 1.25 bits per heavy atom. The Morgan fingerprint density at radius 3 is 1.46 bits per heavy atom. The van der Waals surface area contributed by atoms with Gasteiger partial charge in [0.05, 0.1) is 38.0 Å². The maximum absolute atomic E-state index is 10.8. The standard InChI is InChI=1S/C5H8Cl2O3S.C5H9ClO4S.CH3F.Cl2OS/c2*6-2-4-11(9,10)3-1-5(7)8;1-2;1-4(2)3/h1-4H2;1-4H2,(H,7,8);1H3;/i;;1D;. The molecule has 1 N–H and O–H groups in total. The van der Waals surface area contributed by atoms with Crippen LogP contribution in [0.2, 0.25) is 0 Å². The minimum Gasteiger partial charge on any atom is -0.481 e. The van der Waals surface area contributed by atoms with Gasteiger partial charge in [0, 0.05) is 39.5 Å². The molecule has 0 aliphatic carbocycles. The Kier molecular flexibility index (Phi) is 26.4. The van der Waals surface area contributed by atoms with E-state index in [1.165, 1.54) is 0 Å². The van der Waals surface area contributed by atoms with E-state index in [2.05, 4.69) is 21.4 Å². The van der Waals surface area contributed by atoms with Gasteiger partial charge in [0.15, 0.2) is 19.7 Å². The van der Waals surface area contributed by atoms with Gasteiger partial charge in [0.1, 0.15) is 0 Å². The van der Waals surface area contributed by atoms with Gasteiger partial charge < -0.3 is 5.11 Å². The zero-order chi connectivity index (χ0) is 24.1. The Morgan fingerprint density at radius 1 is 0.964 bits per heavy atom. The van der Waals surface area contributed by atoms with Crippen molar-refractivity contribution in [1.29, 1.82) is 0 Å². The smallest absolute Gasteiger partial charge is 0.304 e. The highest BCUT2D eigenvalue weighted by atomic mass is 36.0. The summed E-state index contributed by atoms with van der Waals surface area (Å²) in [6, 6.07) is 0. The molecule has 8 nitrogen and oxygen atoms in total. The van der Waals surface area contributed by atoms with Crippen molar-refractivity contribution in [2.75, 3.05) is 41.9 Å². The monoisotopic (exact) mass is 571 g/mol. The number of alkyl halides is 3. The van der Waals surface area contributed by atoms with E-state index in [-0.39, 0.29) is 47.6 Å². The lowest BCUT2D eigenvalue weighted by Gasteiger charge is -1.97. The molecule has 0 spiro atoms. The Hall–Kier alpha value is 0.570. The van der Waals surface area contributed by atoms with Gasteiger partial charge in [-0.05, 0) is 11.6 Å². The van der Waals surface area contributed by atoms with Crippen LogP contribution in [-0.2, 0) is 38.5 Å². The summed E-state index contributed by atoms with van der Waals surface area (Å²) < 4.78 is 67.8. The highest BCUT2D eigenvalue weighted by Crippen LogP contribution is 1.98. The molecule has 0 bridgehead atoms.